The van der Waals surface area contributed by atoms with Crippen molar-refractivity contribution in [2.75, 3.05) is 18.0 Å². The fourth-order valence-corrected chi connectivity index (χ4v) is 4.38. The number of para-hydroxylation sites is 1. The van der Waals surface area contributed by atoms with Gasteiger partial charge >= 0.3 is 0 Å². The number of anilines is 1. The number of pyridine rings is 1. The lowest BCUT2D eigenvalue weighted by molar-refractivity contribution is 0.632. The number of aromatic nitrogens is 3. The summed E-state index contributed by atoms with van der Waals surface area (Å²) < 4.78 is 16.3. The quantitative estimate of drug-likeness (QED) is 0.553. The van der Waals surface area contributed by atoms with Crippen molar-refractivity contribution >= 4 is 16.7 Å². The molecule has 2 aromatic carbocycles. The van der Waals surface area contributed by atoms with E-state index >= 15 is 0 Å². The molecular weight excluding hydrogens is 391 g/mol. The van der Waals surface area contributed by atoms with Gasteiger partial charge in [-0.25, -0.2) is 9.37 Å². The van der Waals surface area contributed by atoms with E-state index in [9.17, 15) is 9.65 Å². The Morgan fingerprint density at radius 1 is 1.16 bits per heavy atom. The van der Waals surface area contributed by atoms with Crippen LogP contribution in [0, 0.1) is 17.1 Å². The van der Waals surface area contributed by atoms with Crippen molar-refractivity contribution in [2.24, 2.45) is 12.8 Å². The molecule has 7 heteroatoms. The zero-order valence-corrected chi connectivity index (χ0v) is 17.1. The zero-order valence-electron chi connectivity index (χ0n) is 17.1. The number of halogens is 1. The van der Waals surface area contributed by atoms with Crippen LogP contribution in [0.5, 0.6) is 0 Å². The number of hydrogen-bond donors (Lipinski definition) is 1. The number of nitrogens with two attached hydrogens (primary N) is 1. The Hall–Kier alpha value is -3.76. The molecule has 31 heavy (non-hydrogen) atoms. The normalized spacial score (nSPS) is 16.1. The first-order chi connectivity index (χ1) is 15.1. The van der Waals surface area contributed by atoms with Crippen LogP contribution >= 0.6 is 0 Å². The van der Waals surface area contributed by atoms with Crippen LogP contribution in [0.15, 0.2) is 54.9 Å². The summed E-state index contributed by atoms with van der Waals surface area (Å²) >= 11 is 0. The zero-order chi connectivity index (χ0) is 21.5. The Morgan fingerprint density at radius 2 is 1.97 bits per heavy atom. The molecular formula is C24H21FN6. The van der Waals surface area contributed by atoms with E-state index in [2.05, 4.69) is 16.0 Å². The topological polar surface area (TPSA) is 83.8 Å². The van der Waals surface area contributed by atoms with Gasteiger partial charge in [0, 0.05) is 44.1 Å². The molecule has 1 atom stereocenters. The van der Waals surface area contributed by atoms with Crippen LogP contribution in [0.1, 0.15) is 12.0 Å². The molecule has 5 rings (SSSR count). The monoisotopic (exact) mass is 412 g/mol. The Morgan fingerprint density at radius 3 is 2.71 bits per heavy atom. The number of rotatable bonds is 3. The van der Waals surface area contributed by atoms with Crippen molar-refractivity contribution in [1.29, 1.82) is 5.26 Å². The summed E-state index contributed by atoms with van der Waals surface area (Å²) in [7, 11) is 1.82. The molecule has 0 unspecified atom stereocenters. The molecule has 1 fully saturated rings. The van der Waals surface area contributed by atoms with E-state index in [1.807, 2.05) is 31.4 Å². The van der Waals surface area contributed by atoms with Crippen molar-refractivity contribution in [3.63, 3.8) is 0 Å². The molecule has 1 saturated heterocycles. The van der Waals surface area contributed by atoms with E-state index in [1.54, 1.807) is 29.0 Å². The van der Waals surface area contributed by atoms with E-state index in [0.29, 0.717) is 29.0 Å². The van der Waals surface area contributed by atoms with E-state index in [-0.39, 0.29) is 11.9 Å². The molecule has 0 saturated carbocycles. The molecule has 0 aliphatic carbocycles. The minimum absolute atomic E-state index is 0.0807. The lowest BCUT2D eigenvalue weighted by Gasteiger charge is -2.25. The number of nitriles is 1. The summed E-state index contributed by atoms with van der Waals surface area (Å²) in [5, 5.41) is 9.36. The first-order valence-electron chi connectivity index (χ1n) is 10.2. The number of aryl methyl sites for hydroxylation is 1. The number of fused-ring (bicyclic) bond motifs is 1. The molecule has 2 aromatic heterocycles. The summed E-state index contributed by atoms with van der Waals surface area (Å²) in [4.78, 5) is 11.5. The van der Waals surface area contributed by atoms with Crippen LogP contribution in [-0.4, -0.2) is 33.7 Å². The Balaban J connectivity index is 1.78. The van der Waals surface area contributed by atoms with Crippen molar-refractivity contribution in [3.8, 4) is 28.6 Å². The third-order valence-electron chi connectivity index (χ3n) is 5.85. The molecule has 154 valence electrons. The van der Waals surface area contributed by atoms with Crippen LogP contribution < -0.4 is 10.6 Å². The molecule has 3 heterocycles. The first-order valence-corrected chi connectivity index (χ1v) is 10.2. The Kier molecular flexibility index (Phi) is 4.64. The minimum Gasteiger partial charge on any atom is -0.369 e. The fourth-order valence-electron chi connectivity index (χ4n) is 4.38. The molecule has 1 aliphatic heterocycles. The summed E-state index contributed by atoms with van der Waals surface area (Å²) in [6, 6.07) is 14.7. The lowest BCUT2D eigenvalue weighted by atomic mass is 10.00. The Bertz CT molecular complexity index is 1340. The molecule has 1 aliphatic rings. The van der Waals surface area contributed by atoms with Crippen LogP contribution in [0.2, 0.25) is 0 Å². The van der Waals surface area contributed by atoms with Gasteiger partial charge in [0.2, 0.25) is 0 Å². The van der Waals surface area contributed by atoms with Gasteiger partial charge in [0.25, 0.3) is 0 Å². The maximum Gasteiger partial charge on any atom is 0.149 e. The third kappa shape index (κ3) is 3.22. The summed E-state index contributed by atoms with van der Waals surface area (Å²) in [6.45, 7) is 1.52. The van der Waals surface area contributed by atoms with Gasteiger partial charge in [0.05, 0.1) is 28.4 Å². The SMILES string of the molecule is Cn1c(-c2cncc(-c3cccc(C#N)c3)c2N2CC[C@H](N)C2)nc2cccc(F)c21. The largest absolute Gasteiger partial charge is 0.369 e. The van der Waals surface area contributed by atoms with Crippen LogP contribution in [0.3, 0.4) is 0 Å². The highest BCUT2D eigenvalue weighted by atomic mass is 19.1. The summed E-state index contributed by atoms with van der Waals surface area (Å²) in [6.07, 6.45) is 4.47. The van der Waals surface area contributed by atoms with Gasteiger partial charge in [0.1, 0.15) is 17.2 Å². The lowest BCUT2D eigenvalue weighted by Crippen LogP contribution is -2.27. The molecule has 0 radical (unpaired) electrons. The average molecular weight is 412 g/mol. The second-order valence-corrected chi connectivity index (χ2v) is 7.87. The highest BCUT2D eigenvalue weighted by molar-refractivity contribution is 5.91. The standard InChI is InChI=1S/C24H21FN6/c1-30-23-20(25)6-3-7-21(23)29-24(30)19-13-28-12-18(16-5-2-4-15(10-16)11-26)22(19)31-9-8-17(27)14-31/h2-7,10,12-13,17H,8-9,14,27H2,1H3/t17-/m0/s1. The maximum atomic E-state index is 14.5. The van der Waals surface area contributed by atoms with E-state index < -0.39 is 0 Å². The van der Waals surface area contributed by atoms with Gasteiger partial charge in [-0.1, -0.05) is 18.2 Å². The molecule has 0 bridgehead atoms. The Labute approximate surface area is 179 Å². The van der Waals surface area contributed by atoms with Crippen molar-refractivity contribution in [1.82, 2.24) is 14.5 Å². The number of hydrogen-bond acceptors (Lipinski definition) is 5. The van der Waals surface area contributed by atoms with Gasteiger partial charge < -0.3 is 15.2 Å². The van der Waals surface area contributed by atoms with Crippen LogP contribution in [0.4, 0.5) is 10.1 Å². The van der Waals surface area contributed by atoms with Crippen molar-refractivity contribution in [2.45, 2.75) is 12.5 Å². The van der Waals surface area contributed by atoms with Gasteiger partial charge in [0.15, 0.2) is 0 Å². The summed E-state index contributed by atoms with van der Waals surface area (Å²) in [5.74, 6) is 0.329. The van der Waals surface area contributed by atoms with Gasteiger partial charge in [-0.2, -0.15) is 5.26 Å². The molecule has 6 nitrogen and oxygen atoms in total. The second-order valence-electron chi connectivity index (χ2n) is 7.87. The second kappa shape index (κ2) is 7.49. The minimum atomic E-state index is -0.311. The first kappa shape index (κ1) is 19.2. The summed E-state index contributed by atoms with van der Waals surface area (Å²) in [5.41, 5.74) is 11.4. The van der Waals surface area contributed by atoms with E-state index in [1.165, 1.54) is 6.07 Å². The predicted molar refractivity (Wildman–Crippen MR) is 119 cm³/mol. The third-order valence-corrected chi connectivity index (χ3v) is 5.85. The molecule has 4 aromatic rings. The van der Waals surface area contributed by atoms with Gasteiger partial charge in [-0.05, 0) is 36.2 Å². The fraction of sp³-hybridized carbons (Fsp3) is 0.208. The van der Waals surface area contributed by atoms with Crippen LogP contribution in [0.25, 0.3) is 33.5 Å². The van der Waals surface area contributed by atoms with Crippen molar-refractivity contribution in [3.05, 3.63) is 66.2 Å². The van der Waals surface area contributed by atoms with E-state index in [0.717, 1.165) is 35.3 Å². The average Bonchev–Trinajstić information content (AvgIpc) is 3.37. The smallest absolute Gasteiger partial charge is 0.149 e. The highest BCUT2D eigenvalue weighted by Gasteiger charge is 2.27. The maximum absolute atomic E-state index is 14.5. The van der Waals surface area contributed by atoms with Crippen LogP contribution in [-0.2, 0) is 7.05 Å². The molecule has 0 amide bonds. The molecule has 0 spiro atoms. The number of nitrogens with zero attached hydrogens (tertiary/aromatic N) is 5. The predicted octanol–water partition coefficient (Wildman–Crippen LogP) is 3.85. The van der Waals surface area contributed by atoms with Gasteiger partial charge in [-0.15, -0.1) is 0 Å². The van der Waals surface area contributed by atoms with Crippen molar-refractivity contribution < 1.29 is 4.39 Å². The number of imidazole rings is 1. The van der Waals surface area contributed by atoms with Gasteiger partial charge in [-0.3, -0.25) is 4.98 Å². The van der Waals surface area contributed by atoms with E-state index in [4.69, 9.17) is 10.7 Å². The molecule has 2 N–H and O–H groups in total. The highest BCUT2D eigenvalue weighted by Crippen LogP contribution is 2.40. The number of benzene rings is 2.